The normalized spacial score (nSPS) is 10.8. The number of nitrogens with zero attached hydrogens (tertiary/aromatic N) is 2. The average Bonchev–Trinajstić information content (AvgIpc) is 2.89. The number of aryl methyl sites for hydroxylation is 3. The zero-order valence-corrected chi connectivity index (χ0v) is 12.5. The van der Waals surface area contributed by atoms with Crippen molar-refractivity contribution in [3.8, 4) is 0 Å². The zero-order valence-electron chi connectivity index (χ0n) is 12.5. The lowest BCUT2D eigenvalue weighted by atomic mass is 10.1. The first-order valence-corrected chi connectivity index (χ1v) is 7.35. The summed E-state index contributed by atoms with van der Waals surface area (Å²) in [5.74, 6) is 0.119. The first-order valence-electron chi connectivity index (χ1n) is 7.35. The molecule has 2 aromatic rings. The van der Waals surface area contributed by atoms with Gasteiger partial charge in [0.25, 0.3) is 0 Å². The second-order valence-electron chi connectivity index (χ2n) is 4.97. The molecule has 0 aliphatic rings. The van der Waals surface area contributed by atoms with Crippen LogP contribution in [0.1, 0.15) is 48.1 Å². The van der Waals surface area contributed by atoms with E-state index in [1.807, 2.05) is 28.9 Å². The highest BCUT2D eigenvalue weighted by Gasteiger charge is 2.11. The molecule has 0 saturated heterocycles. The molecule has 0 bridgehead atoms. The number of carbonyl (C=O) groups is 1. The van der Waals surface area contributed by atoms with Gasteiger partial charge in [0, 0.05) is 11.3 Å². The minimum absolute atomic E-state index is 0.119. The highest BCUT2D eigenvalue weighted by molar-refractivity contribution is 5.95. The third-order valence-corrected chi connectivity index (χ3v) is 3.62. The number of hydrogen-bond donors (Lipinski definition) is 0. The molecule has 1 aromatic carbocycles. The van der Waals surface area contributed by atoms with Crippen molar-refractivity contribution in [3.63, 3.8) is 0 Å². The number of hydrogen-bond acceptors (Lipinski definition) is 2. The molecule has 0 fully saturated rings. The Hall–Kier alpha value is -1.90. The fourth-order valence-corrected chi connectivity index (χ4v) is 2.26. The van der Waals surface area contributed by atoms with Gasteiger partial charge < -0.3 is 0 Å². The first kappa shape index (κ1) is 14.5. The highest BCUT2D eigenvalue weighted by Crippen LogP contribution is 2.10. The van der Waals surface area contributed by atoms with Gasteiger partial charge in [-0.15, -0.1) is 0 Å². The Bertz CT molecular complexity index is 582. The number of Topliss-reactive ketones (excluding diaryl/α,β-unsaturated/α-hetero) is 1. The molecule has 3 heteroatoms. The summed E-state index contributed by atoms with van der Waals surface area (Å²) in [6, 6.07) is 9.96. The van der Waals surface area contributed by atoms with Crippen molar-refractivity contribution in [2.75, 3.05) is 0 Å². The fraction of sp³-hybridized carbons (Fsp3) is 0.412. The Morgan fingerprint density at radius 3 is 2.30 bits per heavy atom. The van der Waals surface area contributed by atoms with Crippen LogP contribution in [0.4, 0.5) is 0 Å². The quantitative estimate of drug-likeness (QED) is 0.753. The van der Waals surface area contributed by atoms with E-state index in [0.717, 1.165) is 36.2 Å². The van der Waals surface area contributed by atoms with E-state index in [1.54, 1.807) is 0 Å². The van der Waals surface area contributed by atoms with Crippen molar-refractivity contribution in [2.45, 2.75) is 46.6 Å². The summed E-state index contributed by atoms with van der Waals surface area (Å²) in [5, 5.41) is 4.49. The van der Waals surface area contributed by atoms with Crippen molar-refractivity contribution in [1.82, 2.24) is 9.78 Å². The van der Waals surface area contributed by atoms with Gasteiger partial charge in [0.2, 0.25) is 0 Å². The van der Waals surface area contributed by atoms with Crippen LogP contribution in [0.5, 0.6) is 0 Å². The molecule has 1 aromatic heterocycles. The molecule has 0 radical (unpaired) electrons. The number of carbonyl (C=O) groups excluding carboxylic acids is 1. The van der Waals surface area contributed by atoms with E-state index in [2.05, 4.69) is 31.9 Å². The van der Waals surface area contributed by atoms with Gasteiger partial charge in [-0.2, -0.15) is 5.10 Å². The molecule has 0 unspecified atom stereocenters. The third-order valence-electron chi connectivity index (χ3n) is 3.62. The average molecular weight is 270 g/mol. The van der Waals surface area contributed by atoms with Crippen LogP contribution >= 0.6 is 0 Å². The van der Waals surface area contributed by atoms with Gasteiger partial charge in [-0.25, -0.2) is 0 Å². The van der Waals surface area contributed by atoms with E-state index in [-0.39, 0.29) is 5.78 Å². The largest absolute Gasteiger partial charge is 0.292 e. The van der Waals surface area contributed by atoms with Crippen LogP contribution in [-0.2, 0) is 25.8 Å². The molecule has 0 aliphatic carbocycles. The van der Waals surface area contributed by atoms with Gasteiger partial charge in [-0.1, -0.05) is 45.0 Å². The van der Waals surface area contributed by atoms with Crippen LogP contribution in [0.2, 0.25) is 0 Å². The lowest BCUT2D eigenvalue weighted by Crippen LogP contribution is -2.14. The summed E-state index contributed by atoms with van der Waals surface area (Å²) in [5.41, 5.74) is 4.19. The second kappa shape index (κ2) is 6.51. The standard InChI is InChI=1S/C17H22N2O/c1-4-13-7-9-14(10-8-13)17(20)12-19-16(6-3)11-15(5-2)18-19/h7-11H,4-6,12H2,1-3H3. The summed E-state index contributed by atoms with van der Waals surface area (Å²) < 4.78 is 1.84. The SMILES string of the molecule is CCc1ccc(C(=O)Cn2nc(CC)cc2CC)cc1. The molecular weight excluding hydrogens is 248 g/mol. The number of ketones is 1. The molecule has 0 atom stereocenters. The smallest absolute Gasteiger partial charge is 0.184 e. The Kier molecular flexibility index (Phi) is 4.72. The van der Waals surface area contributed by atoms with Crippen LogP contribution in [0.15, 0.2) is 30.3 Å². The van der Waals surface area contributed by atoms with E-state index < -0.39 is 0 Å². The summed E-state index contributed by atoms with van der Waals surface area (Å²) in [6.45, 7) is 6.61. The van der Waals surface area contributed by atoms with Crippen molar-refractivity contribution < 1.29 is 4.79 Å². The van der Waals surface area contributed by atoms with Gasteiger partial charge in [-0.3, -0.25) is 9.48 Å². The fourth-order valence-electron chi connectivity index (χ4n) is 2.26. The molecule has 20 heavy (non-hydrogen) atoms. The molecule has 106 valence electrons. The zero-order chi connectivity index (χ0) is 14.5. The number of rotatable bonds is 6. The molecule has 0 amide bonds. The van der Waals surface area contributed by atoms with Gasteiger partial charge in [-0.05, 0) is 30.9 Å². The molecule has 2 rings (SSSR count). The molecular formula is C17H22N2O. The van der Waals surface area contributed by atoms with E-state index in [9.17, 15) is 4.79 Å². The van der Waals surface area contributed by atoms with Crippen molar-refractivity contribution >= 4 is 5.78 Å². The summed E-state index contributed by atoms with van der Waals surface area (Å²) in [7, 11) is 0. The molecule has 0 N–H and O–H groups in total. The van der Waals surface area contributed by atoms with Crippen LogP contribution in [0, 0.1) is 0 Å². The summed E-state index contributed by atoms with van der Waals surface area (Å²) in [4.78, 5) is 12.3. The lowest BCUT2D eigenvalue weighted by molar-refractivity contribution is 0.0966. The van der Waals surface area contributed by atoms with Gasteiger partial charge in [0.05, 0.1) is 5.69 Å². The van der Waals surface area contributed by atoms with Crippen molar-refractivity contribution in [2.24, 2.45) is 0 Å². The Morgan fingerprint density at radius 2 is 1.75 bits per heavy atom. The minimum Gasteiger partial charge on any atom is -0.292 e. The van der Waals surface area contributed by atoms with Gasteiger partial charge in [0.1, 0.15) is 6.54 Å². The van der Waals surface area contributed by atoms with Crippen LogP contribution in [0.25, 0.3) is 0 Å². The molecule has 0 saturated carbocycles. The Labute approximate surface area is 120 Å². The molecule has 0 aliphatic heterocycles. The number of aromatic nitrogens is 2. The third kappa shape index (κ3) is 3.16. The maximum absolute atomic E-state index is 12.3. The minimum atomic E-state index is 0.119. The lowest BCUT2D eigenvalue weighted by Gasteiger charge is -2.06. The maximum Gasteiger partial charge on any atom is 0.184 e. The van der Waals surface area contributed by atoms with Gasteiger partial charge >= 0.3 is 0 Å². The molecule has 0 spiro atoms. The second-order valence-corrected chi connectivity index (χ2v) is 4.97. The van der Waals surface area contributed by atoms with Gasteiger partial charge in [0.15, 0.2) is 5.78 Å². The Morgan fingerprint density at radius 1 is 1.05 bits per heavy atom. The predicted molar refractivity (Wildman–Crippen MR) is 81.1 cm³/mol. The first-order chi connectivity index (χ1) is 9.67. The maximum atomic E-state index is 12.3. The summed E-state index contributed by atoms with van der Waals surface area (Å²) in [6.07, 6.45) is 2.79. The van der Waals surface area contributed by atoms with Crippen molar-refractivity contribution in [3.05, 3.63) is 52.8 Å². The van der Waals surface area contributed by atoms with Crippen LogP contribution in [-0.4, -0.2) is 15.6 Å². The van der Waals surface area contributed by atoms with Crippen LogP contribution in [0.3, 0.4) is 0 Å². The van der Waals surface area contributed by atoms with Crippen molar-refractivity contribution in [1.29, 1.82) is 0 Å². The van der Waals surface area contributed by atoms with E-state index in [0.29, 0.717) is 6.54 Å². The highest BCUT2D eigenvalue weighted by atomic mass is 16.1. The predicted octanol–water partition coefficient (Wildman–Crippen LogP) is 3.45. The summed E-state index contributed by atoms with van der Waals surface area (Å²) >= 11 is 0. The monoisotopic (exact) mass is 270 g/mol. The molecule has 3 nitrogen and oxygen atoms in total. The van der Waals surface area contributed by atoms with E-state index in [1.165, 1.54) is 5.56 Å². The van der Waals surface area contributed by atoms with E-state index in [4.69, 9.17) is 0 Å². The topological polar surface area (TPSA) is 34.9 Å². The molecule has 1 heterocycles. The Balaban J connectivity index is 2.15. The van der Waals surface area contributed by atoms with E-state index >= 15 is 0 Å². The number of benzene rings is 1. The van der Waals surface area contributed by atoms with Crippen LogP contribution < -0.4 is 0 Å².